The Hall–Kier alpha value is -2.21. The Kier molecular flexibility index (Phi) is 5.65. The number of hydrogen-bond acceptors (Lipinski definition) is 4. The van der Waals surface area contributed by atoms with E-state index in [-0.39, 0.29) is 5.02 Å². The number of unbranched alkanes of at least 4 members (excludes halogenated alkanes) is 1. The standard InChI is InChI=1S/C20H23ClFN3O2/c1-5-6-10-27-20(26)16-11(2)23-19-15(12(3)24-25(19)4)17(16)13-8-7-9-14(21)18(13)22/h7-9,16-17H,5-6,10H2,1-4H3. The van der Waals surface area contributed by atoms with Gasteiger partial charge in [0.05, 0.1) is 17.3 Å². The number of esters is 1. The molecule has 0 spiro atoms. The van der Waals surface area contributed by atoms with Gasteiger partial charge in [-0.25, -0.2) is 9.38 Å². The first kappa shape index (κ1) is 19.5. The van der Waals surface area contributed by atoms with Gasteiger partial charge in [-0.15, -0.1) is 0 Å². The lowest BCUT2D eigenvalue weighted by Crippen LogP contribution is -2.34. The summed E-state index contributed by atoms with van der Waals surface area (Å²) in [5.41, 5.74) is 2.38. The zero-order chi connectivity index (χ0) is 19.7. The highest BCUT2D eigenvalue weighted by atomic mass is 35.5. The lowest BCUT2D eigenvalue weighted by atomic mass is 9.76. The normalized spacial score (nSPS) is 18.8. The van der Waals surface area contributed by atoms with Gasteiger partial charge >= 0.3 is 5.97 Å². The van der Waals surface area contributed by atoms with E-state index < -0.39 is 23.6 Å². The van der Waals surface area contributed by atoms with Gasteiger partial charge in [0.1, 0.15) is 11.7 Å². The molecule has 2 aromatic rings. The Morgan fingerprint density at radius 2 is 2.11 bits per heavy atom. The molecule has 3 rings (SSSR count). The van der Waals surface area contributed by atoms with Crippen LogP contribution in [0.1, 0.15) is 49.4 Å². The molecule has 5 nitrogen and oxygen atoms in total. The summed E-state index contributed by atoms with van der Waals surface area (Å²) >= 11 is 6.03. The molecule has 144 valence electrons. The van der Waals surface area contributed by atoms with E-state index in [1.54, 1.807) is 30.8 Å². The first-order chi connectivity index (χ1) is 12.9. The second kappa shape index (κ2) is 7.80. The maximum atomic E-state index is 14.9. The van der Waals surface area contributed by atoms with E-state index in [0.717, 1.165) is 18.4 Å². The number of halogens is 2. The topological polar surface area (TPSA) is 56.5 Å². The van der Waals surface area contributed by atoms with E-state index >= 15 is 0 Å². The van der Waals surface area contributed by atoms with E-state index in [0.29, 0.717) is 29.4 Å². The SMILES string of the molecule is CCCCOC(=O)C1C(C)=Nc2c(c(C)nn2C)C1c1cccc(Cl)c1F. The van der Waals surface area contributed by atoms with Gasteiger partial charge in [0, 0.05) is 24.2 Å². The maximum absolute atomic E-state index is 14.9. The van der Waals surface area contributed by atoms with Crippen LogP contribution in [0.5, 0.6) is 0 Å². The largest absolute Gasteiger partial charge is 0.465 e. The predicted molar refractivity (Wildman–Crippen MR) is 103 cm³/mol. The molecule has 2 atom stereocenters. The molecular formula is C20H23ClFN3O2. The number of nitrogens with zero attached hydrogens (tertiary/aromatic N) is 3. The van der Waals surface area contributed by atoms with E-state index in [1.807, 2.05) is 13.8 Å². The fraction of sp³-hybridized carbons (Fsp3) is 0.450. The fourth-order valence-electron chi connectivity index (χ4n) is 3.61. The van der Waals surface area contributed by atoms with Crippen LogP contribution in [0.25, 0.3) is 0 Å². The molecule has 0 bridgehead atoms. The van der Waals surface area contributed by atoms with Crippen LogP contribution in [0.3, 0.4) is 0 Å². The molecule has 7 heteroatoms. The van der Waals surface area contributed by atoms with Gasteiger partial charge in [0.15, 0.2) is 5.82 Å². The van der Waals surface area contributed by atoms with Gasteiger partial charge in [-0.05, 0) is 31.9 Å². The molecule has 0 fully saturated rings. The van der Waals surface area contributed by atoms with Crippen molar-refractivity contribution in [3.8, 4) is 0 Å². The number of aromatic nitrogens is 2. The molecule has 0 saturated heterocycles. The van der Waals surface area contributed by atoms with Crippen molar-refractivity contribution < 1.29 is 13.9 Å². The van der Waals surface area contributed by atoms with Gasteiger partial charge in [-0.2, -0.15) is 5.10 Å². The zero-order valence-corrected chi connectivity index (χ0v) is 16.7. The highest BCUT2D eigenvalue weighted by molar-refractivity contribution is 6.30. The molecule has 1 aromatic heterocycles. The van der Waals surface area contributed by atoms with Gasteiger partial charge in [0.25, 0.3) is 0 Å². The van der Waals surface area contributed by atoms with E-state index in [9.17, 15) is 9.18 Å². The third-order valence-corrected chi connectivity index (χ3v) is 5.22. The van der Waals surface area contributed by atoms with E-state index in [2.05, 4.69) is 10.1 Å². The summed E-state index contributed by atoms with van der Waals surface area (Å²) in [7, 11) is 1.79. The van der Waals surface area contributed by atoms with Crippen LogP contribution in [0, 0.1) is 18.7 Å². The summed E-state index contributed by atoms with van der Waals surface area (Å²) in [6.07, 6.45) is 1.70. The van der Waals surface area contributed by atoms with Crippen molar-refractivity contribution in [2.75, 3.05) is 6.61 Å². The molecule has 1 aliphatic heterocycles. The van der Waals surface area contributed by atoms with Gasteiger partial charge in [-0.1, -0.05) is 37.1 Å². The highest BCUT2D eigenvalue weighted by Crippen LogP contribution is 2.45. The molecule has 2 unspecified atom stereocenters. The number of rotatable bonds is 5. The summed E-state index contributed by atoms with van der Waals surface area (Å²) in [5.74, 6) is -1.60. The number of carbonyl (C=O) groups is 1. The highest BCUT2D eigenvalue weighted by Gasteiger charge is 2.42. The van der Waals surface area contributed by atoms with Crippen molar-refractivity contribution in [2.45, 2.75) is 39.5 Å². The van der Waals surface area contributed by atoms with Crippen molar-refractivity contribution in [3.05, 3.63) is 45.9 Å². The molecular weight excluding hydrogens is 369 g/mol. The van der Waals surface area contributed by atoms with Crippen LogP contribution in [0.2, 0.25) is 5.02 Å². The smallest absolute Gasteiger partial charge is 0.315 e. The monoisotopic (exact) mass is 391 g/mol. The Morgan fingerprint density at radius 1 is 1.37 bits per heavy atom. The molecule has 0 aliphatic carbocycles. The van der Waals surface area contributed by atoms with Crippen LogP contribution in [-0.2, 0) is 16.6 Å². The average Bonchev–Trinajstić information content (AvgIpc) is 2.90. The minimum absolute atomic E-state index is 0.0221. The van der Waals surface area contributed by atoms with Crippen molar-refractivity contribution in [1.29, 1.82) is 0 Å². The number of aliphatic imine (C=N–C) groups is 1. The van der Waals surface area contributed by atoms with Crippen LogP contribution in [0.15, 0.2) is 23.2 Å². The van der Waals surface area contributed by atoms with Crippen LogP contribution >= 0.6 is 11.6 Å². The maximum Gasteiger partial charge on any atom is 0.315 e. The quantitative estimate of drug-likeness (QED) is 0.547. The minimum atomic E-state index is -0.717. The second-order valence-corrected chi connectivity index (χ2v) is 7.23. The van der Waals surface area contributed by atoms with Crippen molar-refractivity contribution >= 4 is 29.1 Å². The van der Waals surface area contributed by atoms with Crippen LogP contribution < -0.4 is 0 Å². The molecule has 2 heterocycles. The third kappa shape index (κ3) is 3.50. The van der Waals surface area contributed by atoms with Crippen LogP contribution in [0.4, 0.5) is 10.2 Å². The summed E-state index contributed by atoms with van der Waals surface area (Å²) in [4.78, 5) is 17.5. The zero-order valence-electron chi connectivity index (χ0n) is 15.9. The summed E-state index contributed by atoms with van der Waals surface area (Å²) in [6, 6.07) is 4.84. The summed E-state index contributed by atoms with van der Waals surface area (Å²) in [6.45, 7) is 5.97. The molecule has 1 aromatic carbocycles. The Bertz CT molecular complexity index is 907. The number of hydrogen-bond donors (Lipinski definition) is 0. The van der Waals surface area contributed by atoms with E-state index in [1.165, 1.54) is 6.07 Å². The lowest BCUT2D eigenvalue weighted by molar-refractivity contribution is -0.146. The third-order valence-electron chi connectivity index (χ3n) is 4.93. The summed E-state index contributed by atoms with van der Waals surface area (Å²) in [5, 5.41) is 4.45. The average molecular weight is 392 g/mol. The Morgan fingerprint density at radius 3 is 2.81 bits per heavy atom. The van der Waals surface area contributed by atoms with Crippen LogP contribution in [-0.4, -0.2) is 28.1 Å². The second-order valence-electron chi connectivity index (χ2n) is 6.82. The number of carbonyl (C=O) groups excluding carboxylic acids is 1. The number of aryl methyl sites for hydroxylation is 2. The molecule has 0 radical (unpaired) electrons. The molecule has 27 heavy (non-hydrogen) atoms. The number of fused-ring (bicyclic) bond motifs is 1. The number of ether oxygens (including phenoxy) is 1. The van der Waals surface area contributed by atoms with Gasteiger partial charge < -0.3 is 4.74 Å². The first-order valence-electron chi connectivity index (χ1n) is 9.06. The van der Waals surface area contributed by atoms with Crippen molar-refractivity contribution in [1.82, 2.24) is 9.78 Å². The predicted octanol–water partition coefficient (Wildman–Crippen LogP) is 4.72. The minimum Gasteiger partial charge on any atom is -0.465 e. The Labute approximate surface area is 163 Å². The molecule has 0 N–H and O–H groups in total. The molecule has 1 aliphatic rings. The van der Waals surface area contributed by atoms with E-state index in [4.69, 9.17) is 16.3 Å². The molecule has 0 saturated carbocycles. The fourth-order valence-corrected chi connectivity index (χ4v) is 3.79. The van der Waals surface area contributed by atoms with Gasteiger partial charge in [0.2, 0.25) is 0 Å². The number of benzene rings is 1. The van der Waals surface area contributed by atoms with Crippen molar-refractivity contribution in [3.63, 3.8) is 0 Å². The first-order valence-corrected chi connectivity index (χ1v) is 9.43. The summed E-state index contributed by atoms with van der Waals surface area (Å²) < 4.78 is 22.1. The molecule has 0 amide bonds. The van der Waals surface area contributed by atoms with Crippen molar-refractivity contribution in [2.24, 2.45) is 18.0 Å². The van der Waals surface area contributed by atoms with Gasteiger partial charge in [-0.3, -0.25) is 9.48 Å². The Balaban J connectivity index is 2.15. The lowest BCUT2D eigenvalue weighted by Gasteiger charge is -2.30.